The van der Waals surface area contributed by atoms with Gasteiger partial charge in [-0.3, -0.25) is 9.59 Å². The van der Waals surface area contributed by atoms with Crippen LogP contribution in [0.15, 0.2) is 72.8 Å². The maximum Gasteiger partial charge on any atom is 0.258 e. The fourth-order valence-corrected chi connectivity index (χ4v) is 2.76. The van der Waals surface area contributed by atoms with Crippen molar-refractivity contribution in [3.63, 3.8) is 0 Å². The van der Waals surface area contributed by atoms with Crippen LogP contribution in [0, 0.1) is 0 Å². The summed E-state index contributed by atoms with van der Waals surface area (Å²) in [6, 6.07) is 21.8. The van der Waals surface area contributed by atoms with E-state index in [4.69, 9.17) is 4.74 Å². The molecule has 1 atom stereocenters. The summed E-state index contributed by atoms with van der Waals surface area (Å²) >= 11 is 0. The summed E-state index contributed by atoms with van der Waals surface area (Å²) in [7, 11) is 1.54. The van der Waals surface area contributed by atoms with Gasteiger partial charge in [0.25, 0.3) is 5.91 Å². The highest BCUT2D eigenvalue weighted by Crippen LogP contribution is 2.25. The smallest absolute Gasteiger partial charge is 0.258 e. The molecule has 0 spiro atoms. The van der Waals surface area contributed by atoms with Crippen LogP contribution in [0.3, 0.4) is 0 Å². The van der Waals surface area contributed by atoms with Gasteiger partial charge in [0.1, 0.15) is 11.8 Å². The Bertz CT molecular complexity index is 904. The minimum absolute atomic E-state index is 0.172. The third-order valence-electron chi connectivity index (χ3n) is 4.06. The van der Waals surface area contributed by atoms with Crippen molar-refractivity contribution in [3.8, 4) is 5.75 Å². The van der Waals surface area contributed by atoms with Gasteiger partial charge in [0.05, 0.1) is 0 Å². The lowest BCUT2D eigenvalue weighted by Gasteiger charge is -2.18. The van der Waals surface area contributed by atoms with Crippen molar-refractivity contribution in [2.24, 2.45) is 0 Å². The number of hydrogen-bond acceptors (Lipinski definition) is 3. The van der Waals surface area contributed by atoms with E-state index in [1.54, 1.807) is 12.1 Å². The number of rotatable bonds is 6. The first kappa shape index (κ1) is 17.5. The SMILES string of the molecule is CNC(=O)C(NC(=O)COc1cccc2ccccc12)c1ccccc1. The predicted molar refractivity (Wildman–Crippen MR) is 101 cm³/mol. The van der Waals surface area contributed by atoms with Crippen molar-refractivity contribution in [3.05, 3.63) is 78.4 Å². The summed E-state index contributed by atoms with van der Waals surface area (Å²) in [5.41, 5.74) is 0.713. The molecule has 0 aliphatic carbocycles. The normalized spacial score (nSPS) is 11.6. The van der Waals surface area contributed by atoms with E-state index in [2.05, 4.69) is 10.6 Å². The van der Waals surface area contributed by atoms with Crippen LogP contribution in [0.1, 0.15) is 11.6 Å². The summed E-state index contributed by atoms with van der Waals surface area (Å²) in [5, 5.41) is 7.28. The molecule has 3 rings (SSSR count). The second-order valence-electron chi connectivity index (χ2n) is 5.79. The third-order valence-corrected chi connectivity index (χ3v) is 4.06. The zero-order valence-electron chi connectivity index (χ0n) is 14.4. The Kier molecular flexibility index (Phi) is 5.49. The first-order valence-corrected chi connectivity index (χ1v) is 8.35. The molecular formula is C21H20N2O3. The maximum atomic E-state index is 12.3. The molecule has 5 heteroatoms. The van der Waals surface area contributed by atoms with Crippen LogP contribution < -0.4 is 15.4 Å². The number of amides is 2. The number of nitrogens with one attached hydrogen (secondary N) is 2. The van der Waals surface area contributed by atoms with E-state index in [1.807, 2.05) is 60.7 Å². The molecule has 26 heavy (non-hydrogen) atoms. The van der Waals surface area contributed by atoms with Gasteiger partial charge in [0.15, 0.2) is 6.61 Å². The highest BCUT2D eigenvalue weighted by atomic mass is 16.5. The number of carbonyl (C=O) groups is 2. The molecule has 132 valence electrons. The van der Waals surface area contributed by atoms with Crippen LogP contribution in [0.25, 0.3) is 10.8 Å². The van der Waals surface area contributed by atoms with Gasteiger partial charge in [-0.05, 0) is 17.0 Å². The zero-order chi connectivity index (χ0) is 18.4. The zero-order valence-corrected chi connectivity index (χ0v) is 14.4. The maximum absolute atomic E-state index is 12.3. The van der Waals surface area contributed by atoms with Gasteiger partial charge in [-0.1, -0.05) is 66.7 Å². The lowest BCUT2D eigenvalue weighted by Crippen LogP contribution is -2.40. The monoisotopic (exact) mass is 348 g/mol. The molecule has 0 bridgehead atoms. The Labute approximate surface area is 152 Å². The molecule has 0 saturated heterocycles. The molecule has 2 N–H and O–H groups in total. The number of hydrogen-bond donors (Lipinski definition) is 2. The standard InChI is InChI=1S/C21H20N2O3/c1-22-21(25)20(16-9-3-2-4-10-16)23-19(24)14-26-18-13-7-11-15-8-5-6-12-17(15)18/h2-13,20H,14H2,1H3,(H,22,25)(H,23,24). The Morgan fingerprint density at radius 2 is 1.62 bits per heavy atom. The van der Waals surface area contributed by atoms with Gasteiger partial charge < -0.3 is 15.4 Å². The van der Waals surface area contributed by atoms with E-state index in [-0.39, 0.29) is 18.4 Å². The second-order valence-corrected chi connectivity index (χ2v) is 5.79. The molecule has 0 aliphatic heterocycles. The van der Waals surface area contributed by atoms with E-state index >= 15 is 0 Å². The summed E-state index contributed by atoms with van der Waals surface area (Å²) in [5.74, 6) is -0.0143. The van der Waals surface area contributed by atoms with Crippen molar-refractivity contribution in [1.82, 2.24) is 10.6 Å². The van der Waals surface area contributed by atoms with Crippen molar-refractivity contribution < 1.29 is 14.3 Å². The second kappa shape index (κ2) is 8.16. The van der Waals surface area contributed by atoms with Crippen LogP contribution in [-0.2, 0) is 9.59 Å². The lowest BCUT2D eigenvalue weighted by molar-refractivity contribution is -0.129. The largest absolute Gasteiger partial charge is 0.483 e. The highest BCUT2D eigenvalue weighted by molar-refractivity contribution is 5.90. The van der Waals surface area contributed by atoms with Crippen molar-refractivity contribution in [2.45, 2.75) is 6.04 Å². The van der Waals surface area contributed by atoms with E-state index in [0.29, 0.717) is 11.3 Å². The number of ether oxygens (including phenoxy) is 1. The number of fused-ring (bicyclic) bond motifs is 1. The van der Waals surface area contributed by atoms with Crippen LogP contribution in [0.5, 0.6) is 5.75 Å². The minimum Gasteiger partial charge on any atom is -0.483 e. The third kappa shape index (κ3) is 4.00. The highest BCUT2D eigenvalue weighted by Gasteiger charge is 2.21. The molecule has 0 fully saturated rings. The number of benzene rings is 3. The van der Waals surface area contributed by atoms with Crippen molar-refractivity contribution >= 4 is 22.6 Å². The molecule has 2 amide bonds. The van der Waals surface area contributed by atoms with E-state index in [1.165, 1.54) is 7.05 Å². The number of likely N-dealkylation sites (N-methyl/N-ethyl adjacent to an activating group) is 1. The molecule has 0 aliphatic rings. The Balaban J connectivity index is 1.70. The molecule has 3 aromatic rings. The quantitative estimate of drug-likeness (QED) is 0.720. The number of carbonyl (C=O) groups excluding carboxylic acids is 2. The summed E-state index contributed by atoms with van der Waals surface area (Å²) in [6.45, 7) is -0.172. The molecule has 0 radical (unpaired) electrons. The topological polar surface area (TPSA) is 67.4 Å². The first-order valence-electron chi connectivity index (χ1n) is 8.35. The Hall–Kier alpha value is -3.34. The molecule has 1 unspecified atom stereocenters. The van der Waals surface area contributed by atoms with Crippen molar-refractivity contribution in [2.75, 3.05) is 13.7 Å². The predicted octanol–water partition coefficient (Wildman–Crippen LogP) is 2.82. The van der Waals surface area contributed by atoms with Gasteiger partial charge >= 0.3 is 0 Å². The van der Waals surface area contributed by atoms with Crippen LogP contribution in [-0.4, -0.2) is 25.5 Å². The van der Waals surface area contributed by atoms with Gasteiger partial charge in [-0.15, -0.1) is 0 Å². The van der Waals surface area contributed by atoms with Crippen molar-refractivity contribution in [1.29, 1.82) is 0 Å². The fraction of sp³-hybridized carbons (Fsp3) is 0.143. The van der Waals surface area contributed by atoms with Gasteiger partial charge in [0.2, 0.25) is 5.91 Å². The van der Waals surface area contributed by atoms with Gasteiger partial charge in [0, 0.05) is 12.4 Å². The van der Waals surface area contributed by atoms with Crippen LogP contribution in [0.2, 0.25) is 0 Å². The van der Waals surface area contributed by atoms with Crippen LogP contribution >= 0.6 is 0 Å². The Morgan fingerprint density at radius 1 is 0.923 bits per heavy atom. The van der Waals surface area contributed by atoms with Gasteiger partial charge in [-0.25, -0.2) is 0 Å². The first-order chi connectivity index (χ1) is 12.7. The fourth-order valence-electron chi connectivity index (χ4n) is 2.76. The van der Waals surface area contributed by atoms with Gasteiger partial charge in [-0.2, -0.15) is 0 Å². The van der Waals surface area contributed by atoms with E-state index in [9.17, 15) is 9.59 Å². The molecule has 0 saturated carbocycles. The van der Waals surface area contributed by atoms with E-state index < -0.39 is 6.04 Å². The molecule has 0 heterocycles. The summed E-state index contributed by atoms with van der Waals surface area (Å²) in [4.78, 5) is 24.5. The average molecular weight is 348 g/mol. The molecule has 5 nitrogen and oxygen atoms in total. The Morgan fingerprint density at radius 3 is 2.38 bits per heavy atom. The summed E-state index contributed by atoms with van der Waals surface area (Å²) < 4.78 is 5.69. The molecule has 3 aromatic carbocycles. The average Bonchev–Trinajstić information content (AvgIpc) is 2.70. The van der Waals surface area contributed by atoms with E-state index in [0.717, 1.165) is 10.8 Å². The van der Waals surface area contributed by atoms with Crippen LogP contribution in [0.4, 0.5) is 0 Å². The lowest BCUT2D eigenvalue weighted by atomic mass is 10.1. The molecular weight excluding hydrogens is 328 g/mol. The summed E-state index contributed by atoms with van der Waals surface area (Å²) in [6.07, 6.45) is 0. The minimum atomic E-state index is -0.759. The molecule has 0 aromatic heterocycles.